The Kier molecular flexibility index (Phi) is 6.75. The van der Waals surface area contributed by atoms with Crippen molar-refractivity contribution in [3.8, 4) is 5.75 Å². The lowest BCUT2D eigenvalue weighted by atomic mass is 10.1. The van der Waals surface area contributed by atoms with Gasteiger partial charge < -0.3 is 19.9 Å². The van der Waals surface area contributed by atoms with E-state index in [2.05, 4.69) is 48.4 Å². The van der Waals surface area contributed by atoms with Crippen LogP contribution in [0.4, 0.5) is 5.69 Å². The number of aromatic amines is 1. The van der Waals surface area contributed by atoms with Crippen LogP contribution in [0.25, 0.3) is 10.9 Å². The molecule has 1 aromatic heterocycles. The summed E-state index contributed by atoms with van der Waals surface area (Å²) < 4.78 is 5.27. The minimum atomic E-state index is -0.136. The van der Waals surface area contributed by atoms with Crippen LogP contribution in [0.1, 0.15) is 22.3 Å². The van der Waals surface area contributed by atoms with Gasteiger partial charge in [-0.3, -0.25) is 4.79 Å². The van der Waals surface area contributed by atoms with E-state index < -0.39 is 0 Å². The van der Waals surface area contributed by atoms with E-state index in [0.717, 1.165) is 27.7 Å². The predicted molar refractivity (Wildman–Crippen MR) is 139 cm³/mol. The molecule has 0 amide bonds. The predicted octanol–water partition coefficient (Wildman–Crippen LogP) is 5.55. The summed E-state index contributed by atoms with van der Waals surface area (Å²) in [5.74, 6) is 0.704. The third-order valence-corrected chi connectivity index (χ3v) is 5.98. The number of ether oxygens (including phenoxy) is 1. The van der Waals surface area contributed by atoms with Crippen molar-refractivity contribution in [3.63, 3.8) is 0 Å². The molecule has 0 radical (unpaired) electrons. The zero-order valence-corrected chi connectivity index (χ0v) is 19.8. The van der Waals surface area contributed by atoms with E-state index in [4.69, 9.17) is 17.0 Å². The highest BCUT2D eigenvalue weighted by atomic mass is 32.1. The molecule has 33 heavy (non-hydrogen) atoms. The van der Waals surface area contributed by atoms with Gasteiger partial charge >= 0.3 is 0 Å². The molecule has 0 bridgehead atoms. The average Bonchev–Trinajstić information content (AvgIpc) is 2.81. The fourth-order valence-electron chi connectivity index (χ4n) is 3.83. The summed E-state index contributed by atoms with van der Waals surface area (Å²) >= 11 is 5.81. The minimum absolute atomic E-state index is 0.136. The molecular formula is C27H27N3O2S. The van der Waals surface area contributed by atoms with E-state index in [1.807, 2.05) is 53.4 Å². The molecule has 0 aliphatic carbocycles. The zero-order valence-electron chi connectivity index (χ0n) is 19.0. The fraction of sp³-hybridized carbons (Fsp3) is 0.185. The number of nitrogens with one attached hydrogen (secondary N) is 2. The van der Waals surface area contributed by atoms with Crippen molar-refractivity contribution in [1.82, 2.24) is 9.88 Å². The van der Waals surface area contributed by atoms with Gasteiger partial charge in [-0.2, -0.15) is 0 Å². The zero-order chi connectivity index (χ0) is 23.4. The van der Waals surface area contributed by atoms with Crippen LogP contribution in [-0.2, 0) is 13.1 Å². The molecule has 5 nitrogen and oxygen atoms in total. The Labute approximate surface area is 199 Å². The number of rotatable bonds is 6. The maximum absolute atomic E-state index is 12.9. The van der Waals surface area contributed by atoms with Gasteiger partial charge in [0.25, 0.3) is 5.56 Å². The van der Waals surface area contributed by atoms with Gasteiger partial charge in [0, 0.05) is 23.9 Å². The van der Waals surface area contributed by atoms with E-state index in [1.54, 1.807) is 7.11 Å². The number of H-pyrrole nitrogens is 1. The van der Waals surface area contributed by atoms with Crippen molar-refractivity contribution in [1.29, 1.82) is 0 Å². The number of aryl methyl sites for hydroxylation is 2. The maximum atomic E-state index is 12.9. The second-order valence-electron chi connectivity index (χ2n) is 8.17. The number of aromatic nitrogens is 1. The standard InChI is InChI=1S/C27H27N3O2S/c1-18-9-12-24(19(2)13-18)29-27(33)30(16-20-7-5-4-6-8-20)17-22-14-21-10-11-23(32-3)15-25(21)28-26(22)31/h4-15H,16-17H2,1-3H3,(H,28,31)(H,29,33). The van der Waals surface area contributed by atoms with E-state index in [0.29, 0.717) is 29.5 Å². The highest BCUT2D eigenvalue weighted by Crippen LogP contribution is 2.21. The molecule has 3 aromatic carbocycles. The Morgan fingerprint density at radius 2 is 1.79 bits per heavy atom. The molecule has 4 aromatic rings. The minimum Gasteiger partial charge on any atom is -0.497 e. The lowest BCUT2D eigenvalue weighted by Gasteiger charge is -2.26. The normalized spacial score (nSPS) is 10.8. The second-order valence-corrected chi connectivity index (χ2v) is 8.55. The third kappa shape index (κ3) is 5.41. The number of hydrogen-bond acceptors (Lipinski definition) is 3. The Bertz CT molecular complexity index is 1350. The van der Waals surface area contributed by atoms with Crippen molar-refractivity contribution in [2.24, 2.45) is 0 Å². The Balaban J connectivity index is 1.65. The lowest BCUT2D eigenvalue weighted by Crippen LogP contribution is -2.35. The fourth-order valence-corrected chi connectivity index (χ4v) is 4.07. The Morgan fingerprint density at radius 1 is 1.00 bits per heavy atom. The third-order valence-electron chi connectivity index (χ3n) is 5.62. The van der Waals surface area contributed by atoms with Crippen LogP contribution in [0.3, 0.4) is 0 Å². The molecule has 0 saturated carbocycles. The van der Waals surface area contributed by atoms with Gasteiger partial charge in [0.2, 0.25) is 0 Å². The van der Waals surface area contributed by atoms with Crippen LogP contribution in [0.5, 0.6) is 5.75 Å². The van der Waals surface area contributed by atoms with Gasteiger partial charge in [-0.25, -0.2) is 0 Å². The van der Waals surface area contributed by atoms with E-state index in [9.17, 15) is 4.79 Å². The van der Waals surface area contributed by atoms with E-state index >= 15 is 0 Å². The van der Waals surface area contributed by atoms with Crippen LogP contribution in [-0.4, -0.2) is 22.1 Å². The first-order chi connectivity index (χ1) is 15.9. The monoisotopic (exact) mass is 457 g/mol. The summed E-state index contributed by atoms with van der Waals surface area (Å²) in [6, 6.07) is 23.9. The molecule has 168 valence electrons. The number of hydrogen-bond donors (Lipinski definition) is 2. The number of benzene rings is 3. The molecule has 0 saturated heterocycles. The molecular weight excluding hydrogens is 430 g/mol. The molecule has 0 unspecified atom stereocenters. The number of methoxy groups -OCH3 is 1. The van der Waals surface area contributed by atoms with Crippen LogP contribution in [0.15, 0.2) is 77.6 Å². The average molecular weight is 458 g/mol. The van der Waals surface area contributed by atoms with Gasteiger partial charge in [-0.15, -0.1) is 0 Å². The number of anilines is 1. The summed E-state index contributed by atoms with van der Waals surface area (Å²) in [6.45, 7) is 5.08. The van der Waals surface area contributed by atoms with Gasteiger partial charge in [-0.05, 0) is 66.8 Å². The molecule has 0 atom stereocenters. The number of thiocarbonyl (C=S) groups is 1. The molecule has 0 spiro atoms. The number of fused-ring (bicyclic) bond motifs is 1. The van der Waals surface area contributed by atoms with E-state index in [-0.39, 0.29) is 5.56 Å². The van der Waals surface area contributed by atoms with Gasteiger partial charge in [-0.1, -0.05) is 48.0 Å². The molecule has 1 heterocycles. The van der Waals surface area contributed by atoms with E-state index in [1.165, 1.54) is 5.56 Å². The lowest BCUT2D eigenvalue weighted by molar-refractivity contribution is 0.411. The Hall–Kier alpha value is -3.64. The maximum Gasteiger partial charge on any atom is 0.253 e. The molecule has 0 fully saturated rings. The van der Waals surface area contributed by atoms with Gasteiger partial charge in [0.05, 0.1) is 19.2 Å². The Morgan fingerprint density at radius 3 is 2.52 bits per heavy atom. The van der Waals surface area contributed by atoms with Crippen molar-refractivity contribution >= 4 is 33.9 Å². The van der Waals surface area contributed by atoms with Crippen molar-refractivity contribution in [2.45, 2.75) is 26.9 Å². The first kappa shape index (κ1) is 22.6. The summed E-state index contributed by atoms with van der Waals surface area (Å²) in [5.41, 5.74) is 5.65. The first-order valence-electron chi connectivity index (χ1n) is 10.8. The van der Waals surface area contributed by atoms with Crippen LogP contribution in [0, 0.1) is 13.8 Å². The first-order valence-corrected chi connectivity index (χ1v) is 11.2. The largest absolute Gasteiger partial charge is 0.497 e. The van der Waals surface area contributed by atoms with Crippen molar-refractivity contribution < 1.29 is 4.74 Å². The highest BCUT2D eigenvalue weighted by molar-refractivity contribution is 7.80. The SMILES string of the molecule is COc1ccc2cc(CN(Cc3ccccc3)C(=S)Nc3ccc(C)cc3C)c(=O)[nH]c2c1. The van der Waals surface area contributed by atoms with Crippen LogP contribution >= 0.6 is 12.2 Å². The summed E-state index contributed by atoms with van der Waals surface area (Å²) in [5, 5.41) is 4.89. The van der Waals surface area contributed by atoms with Crippen molar-refractivity contribution in [3.05, 3.63) is 105 Å². The molecule has 6 heteroatoms. The summed E-state index contributed by atoms with van der Waals surface area (Å²) in [6.07, 6.45) is 0. The summed E-state index contributed by atoms with van der Waals surface area (Å²) in [4.78, 5) is 17.9. The second kappa shape index (κ2) is 9.88. The molecule has 0 aliphatic heterocycles. The highest BCUT2D eigenvalue weighted by Gasteiger charge is 2.15. The van der Waals surface area contributed by atoms with Crippen LogP contribution in [0.2, 0.25) is 0 Å². The summed E-state index contributed by atoms with van der Waals surface area (Å²) in [7, 11) is 1.61. The quantitative estimate of drug-likeness (QED) is 0.372. The number of nitrogens with zero attached hydrogens (tertiary/aromatic N) is 1. The van der Waals surface area contributed by atoms with Gasteiger partial charge in [0.1, 0.15) is 5.75 Å². The topological polar surface area (TPSA) is 57.4 Å². The smallest absolute Gasteiger partial charge is 0.253 e. The molecule has 0 aliphatic rings. The van der Waals surface area contributed by atoms with Crippen molar-refractivity contribution in [2.75, 3.05) is 12.4 Å². The van der Waals surface area contributed by atoms with Gasteiger partial charge in [0.15, 0.2) is 5.11 Å². The number of pyridine rings is 1. The van der Waals surface area contributed by atoms with Crippen LogP contribution < -0.4 is 15.6 Å². The molecule has 4 rings (SSSR count). The molecule has 2 N–H and O–H groups in total.